The first kappa shape index (κ1) is 13.2. The summed E-state index contributed by atoms with van der Waals surface area (Å²) in [5.41, 5.74) is 9.62. The summed E-state index contributed by atoms with van der Waals surface area (Å²) in [6.45, 7) is 4.42. The van der Waals surface area contributed by atoms with Crippen molar-refractivity contribution in [2.75, 3.05) is 5.73 Å². The van der Waals surface area contributed by atoms with Crippen molar-refractivity contribution in [1.29, 1.82) is 0 Å². The van der Waals surface area contributed by atoms with Gasteiger partial charge >= 0.3 is 0 Å². The smallest absolute Gasteiger partial charge is 0.125 e. The van der Waals surface area contributed by atoms with Crippen LogP contribution in [0, 0.1) is 5.92 Å². The second-order valence-electron chi connectivity index (χ2n) is 5.58. The Morgan fingerprint density at radius 2 is 2.05 bits per heavy atom. The maximum atomic E-state index is 6.21. The number of benzene rings is 1. The molecule has 20 heavy (non-hydrogen) atoms. The summed E-state index contributed by atoms with van der Waals surface area (Å²) >= 11 is 1.76. The normalized spacial score (nSPS) is 11.6. The van der Waals surface area contributed by atoms with Crippen LogP contribution >= 0.6 is 11.3 Å². The molecule has 0 spiro atoms. The SMILES string of the molecule is CC(C)Cc1c(-c2csc3ccccc23)nn(C)c1N. The molecule has 104 valence electrons. The number of rotatable bonds is 3. The van der Waals surface area contributed by atoms with E-state index < -0.39 is 0 Å². The van der Waals surface area contributed by atoms with Gasteiger partial charge in [-0.25, -0.2) is 0 Å². The molecule has 0 atom stereocenters. The molecule has 0 aliphatic rings. The number of aromatic nitrogens is 2. The van der Waals surface area contributed by atoms with Crippen LogP contribution in [0.3, 0.4) is 0 Å². The molecule has 0 unspecified atom stereocenters. The highest BCUT2D eigenvalue weighted by Gasteiger charge is 2.18. The standard InChI is InChI=1S/C16H19N3S/c1-10(2)8-12-15(18-19(3)16(12)17)13-9-20-14-7-5-4-6-11(13)14/h4-7,9-10H,8,17H2,1-3H3. The summed E-state index contributed by atoms with van der Waals surface area (Å²) in [5.74, 6) is 1.34. The summed E-state index contributed by atoms with van der Waals surface area (Å²) in [6.07, 6.45) is 0.958. The number of nitrogens with zero attached hydrogens (tertiary/aromatic N) is 2. The lowest BCUT2D eigenvalue weighted by atomic mass is 9.99. The molecule has 3 rings (SSSR count). The van der Waals surface area contributed by atoms with Gasteiger partial charge < -0.3 is 5.73 Å². The van der Waals surface area contributed by atoms with Crippen LogP contribution in [-0.2, 0) is 13.5 Å². The van der Waals surface area contributed by atoms with Crippen molar-refractivity contribution in [3.8, 4) is 11.3 Å². The van der Waals surface area contributed by atoms with Crippen LogP contribution in [-0.4, -0.2) is 9.78 Å². The zero-order valence-electron chi connectivity index (χ0n) is 12.1. The molecule has 2 aromatic heterocycles. The molecule has 3 aromatic rings. The molecule has 2 heterocycles. The minimum atomic E-state index is 0.560. The third-order valence-corrected chi connectivity index (χ3v) is 4.51. The van der Waals surface area contributed by atoms with Crippen molar-refractivity contribution in [2.24, 2.45) is 13.0 Å². The monoisotopic (exact) mass is 285 g/mol. The molecule has 3 nitrogen and oxygen atoms in total. The van der Waals surface area contributed by atoms with Gasteiger partial charge in [0.2, 0.25) is 0 Å². The number of fused-ring (bicyclic) bond motifs is 1. The number of anilines is 1. The first-order chi connectivity index (χ1) is 9.58. The second-order valence-corrected chi connectivity index (χ2v) is 6.49. The summed E-state index contributed by atoms with van der Waals surface area (Å²) < 4.78 is 3.08. The average Bonchev–Trinajstić information content (AvgIpc) is 2.95. The van der Waals surface area contributed by atoms with Crippen molar-refractivity contribution in [1.82, 2.24) is 9.78 Å². The summed E-state index contributed by atoms with van der Waals surface area (Å²) in [5, 5.41) is 8.11. The summed E-state index contributed by atoms with van der Waals surface area (Å²) in [4.78, 5) is 0. The van der Waals surface area contributed by atoms with Crippen LogP contribution in [0.5, 0.6) is 0 Å². The van der Waals surface area contributed by atoms with E-state index in [0.717, 1.165) is 17.9 Å². The molecule has 0 saturated carbocycles. The highest BCUT2D eigenvalue weighted by Crippen LogP contribution is 2.37. The molecule has 0 amide bonds. The van der Waals surface area contributed by atoms with E-state index >= 15 is 0 Å². The number of thiophene rings is 1. The minimum Gasteiger partial charge on any atom is -0.384 e. The van der Waals surface area contributed by atoms with Gasteiger partial charge in [0.25, 0.3) is 0 Å². The lowest BCUT2D eigenvalue weighted by molar-refractivity contribution is 0.649. The van der Waals surface area contributed by atoms with E-state index in [0.29, 0.717) is 5.92 Å². The fraction of sp³-hybridized carbons (Fsp3) is 0.312. The van der Waals surface area contributed by atoms with E-state index in [9.17, 15) is 0 Å². The number of nitrogen functional groups attached to an aromatic ring is 1. The van der Waals surface area contributed by atoms with Crippen molar-refractivity contribution < 1.29 is 0 Å². The number of hydrogen-bond donors (Lipinski definition) is 1. The van der Waals surface area contributed by atoms with Gasteiger partial charge in [-0.3, -0.25) is 4.68 Å². The van der Waals surface area contributed by atoms with E-state index in [2.05, 4.69) is 48.6 Å². The van der Waals surface area contributed by atoms with Gasteiger partial charge in [0.05, 0.1) is 5.69 Å². The highest BCUT2D eigenvalue weighted by atomic mass is 32.1. The first-order valence-corrected chi connectivity index (χ1v) is 7.74. The van der Waals surface area contributed by atoms with Crippen molar-refractivity contribution in [3.05, 3.63) is 35.2 Å². The quantitative estimate of drug-likeness (QED) is 0.788. The topological polar surface area (TPSA) is 43.8 Å². The van der Waals surface area contributed by atoms with E-state index in [-0.39, 0.29) is 0 Å². The molecule has 4 heteroatoms. The van der Waals surface area contributed by atoms with Gasteiger partial charge in [0.15, 0.2) is 0 Å². The number of aryl methyl sites for hydroxylation is 1. The Kier molecular flexibility index (Phi) is 3.26. The average molecular weight is 285 g/mol. The lowest BCUT2D eigenvalue weighted by Crippen LogP contribution is -2.02. The maximum Gasteiger partial charge on any atom is 0.125 e. The van der Waals surface area contributed by atoms with E-state index in [4.69, 9.17) is 5.73 Å². The largest absolute Gasteiger partial charge is 0.384 e. The lowest BCUT2D eigenvalue weighted by Gasteiger charge is -2.06. The molecule has 0 saturated heterocycles. The predicted molar refractivity (Wildman–Crippen MR) is 87.0 cm³/mol. The summed E-state index contributed by atoms with van der Waals surface area (Å²) in [7, 11) is 1.91. The zero-order valence-corrected chi connectivity index (χ0v) is 12.9. The second kappa shape index (κ2) is 4.94. The van der Waals surface area contributed by atoms with E-state index in [1.54, 1.807) is 16.0 Å². The summed E-state index contributed by atoms with van der Waals surface area (Å²) in [6, 6.07) is 8.46. The zero-order chi connectivity index (χ0) is 14.3. The highest BCUT2D eigenvalue weighted by molar-refractivity contribution is 7.17. The van der Waals surface area contributed by atoms with E-state index in [1.807, 2.05) is 7.05 Å². The molecular weight excluding hydrogens is 266 g/mol. The van der Waals surface area contributed by atoms with Gasteiger partial charge in [-0.1, -0.05) is 32.0 Å². The Bertz CT molecular complexity index is 752. The molecule has 0 aliphatic heterocycles. The van der Waals surface area contributed by atoms with Crippen LogP contribution in [0.4, 0.5) is 5.82 Å². The van der Waals surface area contributed by atoms with Crippen molar-refractivity contribution in [3.63, 3.8) is 0 Å². The molecule has 0 radical (unpaired) electrons. The fourth-order valence-corrected chi connectivity index (χ4v) is 3.51. The van der Waals surface area contributed by atoms with E-state index in [1.165, 1.54) is 21.2 Å². The molecule has 0 fully saturated rings. The Labute approximate surface area is 123 Å². The third-order valence-electron chi connectivity index (χ3n) is 3.54. The van der Waals surface area contributed by atoms with Crippen LogP contribution in [0.15, 0.2) is 29.6 Å². The Morgan fingerprint density at radius 3 is 2.80 bits per heavy atom. The maximum absolute atomic E-state index is 6.21. The van der Waals surface area contributed by atoms with Crippen LogP contribution < -0.4 is 5.73 Å². The van der Waals surface area contributed by atoms with Crippen LogP contribution in [0.2, 0.25) is 0 Å². The predicted octanol–water partition coefficient (Wildman–Crippen LogP) is 4.08. The van der Waals surface area contributed by atoms with Crippen molar-refractivity contribution in [2.45, 2.75) is 20.3 Å². The van der Waals surface area contributed by atoms with Crippen LogP contribution in [0.25, 0.3) is 21.3 Å². The Morgan fingerprint density at radius 1 is 1.30 bits per heavy atom. The Hall–Kier alpha value is -1.81. The van der Waals surface area contributed by atoms with Crippen molar-refractivity contribution >= 4 is 27.2 Å². The molecule has 2 N–H and O–H groups in total. The molecule has 0 aliphatic carbocycles. The van der Waals surface area contributed by atoms with Gasteiger partial charge in [-0.2, -0.15) is 5.10 Å². The molecular formula is C16H19N3S. The fourth-order valence-electron chi connectivity index (χ4n) is 2.57. The van der Waals surface area contributed by atoms with Crippen LogP contribution in [0.1, 0.15) is 19.4 Å². The minimum absolute atomic E-state index is 0.560. The number of hydrogen-bond acceptors (Lipinski definition) is 3. The third kappa shape index (κ3) is 2.10. The van der Waals surface area contributed by atoms with Gasteiger partial charge in [-0.05, 0) is 18.4 Å². The van der Waals surface area contributed by atoms with Gasteiger partial charge in [-0.15, -0.1) is 11.3 Å². The van der Waals surface area contributed by atoms with Gasteiger partial charge in [0.1, 0.15) is 5.82 Å². The Balaban J connectivity index is 2.21. The first-order valence-electron chi connectivity index (χ1n) is 6.86. The molecule has 1 aromatic carbocycles. The number of nitrogens with two attached hydrogens (primary N) is 1. The van der Waals surface area contributed by atoms with Gasteiger partial charge in [0, 0.05) is 33.6 Å². The molecule has 0 bridgehead atoms.